The fourth-order valence-corrected chi connectivity index (χ4v) is 4.86. The molecule has 2 aromatic carbocycles. The molecule has 0 radical (unpaired) electrons. The molecule has 1 fully saturated rings. The van der Waals surface area contributed by atoms with Crippen molar-refractivity contribution in [3.8, 4) is 0 Å². The molecule has 5 nitrogen and oxygen atoms in total. The summed E-state index contributed by atoms with van der Waals surface area (Å²) in [6.45, 7) is 2.83. The third-order valence-corrected chi connectivity index (χ3v) is 6.68. The molecule has 3 aromatic rings. The van der Waals surface area contributed by atoms with Crippen molar-refractivity contribution in [1.29, 1.82) is 0 Å². The number of aliphatic hydroxyl groups is 1. The quantitative estimate of drug-likeness (QED) is 0.419. The summed E-state index contributed by atoms with van der Waals surface area (Å²) >= 11 is 0. The van der Waals surface area contributed by atoms with Gasteiger partial charge in [-0.3, -0.25) is 4.98 Å². The third-order valence-electron chi connectivity index (χ3n) is 6.68. The monoisotopic (exact) mass is 445 g/mol. The van der Waals surface area contributed by atoms with Gasteiger partial charge < -0.3 is 14.3 Å². The van der Waals surface area contributed by atoms with Crippen molar-refractivity contribution in [3.05, 3.63) is 102 Å². The van der Waals surface area contributed by atoms with Gasteiger partial charge in [0.2, 0.25) is 5.60 Å². The van der Waals surface area contributed by atoms with Crippen LogP contribution in [0.4, 0.5) is 0 Å². The first kappa shape index (κ1) is 23.1. The zero-order valence-corrected chi connectivity index (χ0v) is 19.3. The van der Waals surface area contributed by atoms with Gasteiger partial charge in [-0.05, 0) is 36.1 Å². The van der Waals surface area contributed by atoms with Crippen molar-refractivity contribution in [2.45, 2.75) is 37.4 Å². The highest BCUT2D eigenvalue weighted by atomic mass is 16.6. The smallest absolute Gasteiger partial charge is 0.348 e. The topological polar surface area (TPSA) is 59.4 Å². The Balaban J connectivity index is 1.44. The summed E-state index contributed by atoms with van der Waals surface area (Å²) in [7, 11) is 2.24. The molecule has 33 heavy (non-hydrogen) atoms. The molecule has 1 aliphatic rings. The maximum atomic E-state index is 13.5. The predicted molar refractivity (Wildman–Crippen MR) is 128 cm³/mol. The van der Waals surface area contributed by atoms with Crippen molar-refractivity contribution >= 4 is 5.97 Å². The van der Waals surface area contributed by atoms with Gasteiger partial charge in [0.05, 0.1) is 20.1 Å². The summed E-state index contributed by atoms with van der Waals surface area (Å²) < 4.78 is 6.87. The SMILES string of the molecule is C[N@@+]1(CCCc2ccccn2)CCCC(OC(=O)C(O)(c2ccccc2)c2ccccc2)C1. The second-order valence-corrected chi connectivity index (χ2v) is 9.29. The molecule has 0 bridgehead atoms. The van der Waals surface area contributed by atoms with Crippen molar-refractivity contribution in [1.82, 2.24) is 4.98 Å². The van der Waals surface area contributed by atoms with Crippen LogP contribution in [0.15, 0.2) is 85.1 Å². The number of rotatable bonds is 8. The third kappa shape index (κ3) is 5.49. The van der Waals surface area contributed by atoms with Crippen LogP contribution in [0.2, 0.25) is 0 Å². The normalized spacial score (nSPS) is 20.8. The number of benzene rings is 2. The number of aromatic nitrogens is 1. The van der Waals surface area contributed by atoms with E-state index in [1.807, 2.05) is 54.7 Å². The van der Waals surface area contributed by atoms with Crippen molar-refractivity contribution < 1.29 is 19.1 Å². The molecule has 4 rings (SSSR count). The number of carbonyl (C=O) groups excluding carboxylic acids is 1. The Hall–Kier alpha value is -3.02. The second-order valence-electron chi connectivity index (χ2n) is 9.29. The molecule has 172 valence electrons. The van der Waals surface area contributed by atoms with Gasteiger partial charge in [-0.2, -0.15) is 0 Å². The Bertz CT molecular complexity index is 987. The van der Waals surface area contributed by atoms with E-state index < -0.39 is 11.6 Å². The van der Waals surface area contributed by atoms with E-state index in [0.717, 1.165) is 55.5 Å². The van der Waals surface area contributed by atoms with Crippen LogP contribution in [0.5, 0.6) is 0 Å². The lowest BCUT2D eigenvalue weighted by Crippen LogP contribution is -2.55. The first-order valence-electron chi connectivity index (χ1n) is 11.8. The molecule has 1 aliphatic heterocycles. The molecule has 0 saturated carbocycles. The number of likely N-dealkylation sites (N-methyl/N-ethyl adjacent to an activating group) is 1. The zero-order valence-electron chi connectivity index (χ0n) is 19.3. The van der Waals surface area contributed by atoms with E-state index in [1.165, 1.54) is 0 Å². The first-order valence-corrected chi connectivity index (χ1v) is 11.8. The lowest BCUT2D eigenvalue weighted by Gasteiger charge is -2.41. The number of ether oxygens (including phenoxy) is 1. The molecule has 1 N–H and O–H groups in total. The highest BCUT2D eigenvalue weighted by Gasteiger charge is 2.44. The van der Waals surface area contributed by atoms with E-state index in [9.17, 15) is 9.90 Å². The number of likely N-dealkylation sites (tertiary alicyclic amines) is 1. The predicted octanol–water partition coefficient (Wildman–Crippen LogP) is 4.10. The molecule has 1 saturated heterocycles. The standard InChI is InChI=1S/C28H33N2O3/c1-30(20-10-17-25-16-8-9-19-29-25)21-11-18-26(22-30)33-27(31)28(32,23-12-4-2-5-13-23)24-14-6-3-7-15-24/h2-9,12-16,19,26,32H,10-11,17-18,20-22H2,1H3/q+1/t26?,30-/m1/s1. The van der Waals surface area contributed by atoms with Crippen molar-refractivity contribution in [2.75, 3.05) is 26.7 Å². The minimum atomic E-state index is -1.83. The van der Waals surface area contributed by atoms with E-state index in [-0.39, 0.29) is 6.10 Å². The molecule has 0 amide bonds. The maximum Gasteiger partial charge on any atom is 0.348 e. The summed E-state index contributed by atoms with van der Waals surface area (Å²) in [6.07, 6.45) is 5.41. The van der Waals surface area contributed by atoms with Gasteiger partial charge in [-0.25, -0.2) is 4.79 Å². The van der Waals surface area contributed by atoms with Gasteiger partial charge in [0.25, 0.3) is 0 Å². The summed E-state index contributed by atoms with van der Waals surface area (Å²) in [4.78, 5) is 17.9. The fraction of sp³-hybridized carbons (Fsp3) is 0.357. The Kier molecular flexibility index (Phi) is 7.21. The Morgan fingerprint density at radius 1 is 1.03 bits per heavy atom. The number of piperidine rings is 1. The van der Waals surface area contributed by atoms with Crippen LogP contribution in [-0.4, -0.2) is 53.3 Å². The Morgan fingerprint density at radius 2 is 1.67 bits per heavy atom. The van der Waals surface area contributed by atoms with Gasteiger partial charge in [-0.1, -0.05) is 66.7 Å². The van der Waals surface area contributed by atoms with Gasteiger partial charge >= 0.3 is 5.97 Å². The highest BCUT2D eigenvalue weighted by Crippen LogP contribution is 2.32. The molecule has 0 aliphatic carbocycles. The Labute approximate surface area is 196 Å². The van der Waals surface area contributed by atoms with Gasteiger partial charge in [-0.15, -0.1) is 0 Å². The van der Waals surface area contributed by atoms with Crippen molar-refractivity contribution in [3.63, 3.8) is 0 Å². The van der Waals surface area contributed by atoms with Crippen LogP contribution < -0.4 is 0 Å². The summed E-state index contributed by atoms with van der Waals surface area (Å²) in [5.41, 5.74) is 0.316. The first-order chi connectivity index (χ1) is 16.0. The number of hydrogen-bond donors (Lipinski definition) is 1. The van der Waals surface area contributed by atoms with Crippen LogP contribution in [0.1, 0.15) is 36.1 Å². The number of pyridine rings is 1. The number of nitrogens with zero attached hydrogens (tertiary/aromatic N) is 2. The van der Waals surface area contributed by atoms with Gasteiger partial charge in [0.1, 0.15) is 6.54 Å². The van der Waals surface area contributed by atoms with Crippen LogP contribution in [0.3, 0.4) is 0 Å². The van der Waals surface area contributed by atoms with E-state index in [0.29, 0.717) is 11.1 Å². The molecular formula is C28H33N2O3+. The van der Waals surface area contributed by atoms with E-state index in [2.05, 4.69) is 18.1 Å². The number of hydrogen-bond acceptors (Lipinski definition) is 4. The molecule has 2 atom stereocenters. The number of quaternary nitrogens is 1. The minimum absolute atomic E-state index is 0.218. The maximum absolute atomic E-state index is 13.5. The van der Waals surface area contributed by atoms with Crippen LogP contribution in [0, 0.1) is 0 Å². The summed E-state index contributed by atoms with van der Waals surface area (Å²) in [5.74, 6) is -0.605. The highest BCUT2D eigenvalue weighted by molar-refractivity contribution is 5.85. The zero-order chi connectivity index (χ0) is 23.2. The summed E-state index contributed by atoms with van der Waals surface area (Å²) in [5, 5.41) is 11.7. The largest absolute Gasteiger partial charge is 0.454 e. The van der Waals surface area contributed by atoms with E-state index in [4.69, 9.17) is 4.74 Å². The molecule has 5 heteroatoms. The Morgan fingerprint density at radius 3 is 2.27 bits per heavy atom. The van der Waals surface area contributed by atoms with E-state index >= 15 is 0 Å². The average molecular weight is 446 g/mol. The molecule has 0 spiro atoms. The lowest BCUT2D eigenvalue weighted by molar-refractivity contribution is -0.917. The second kappa shape index (κ2) is 10.3. The summed E-state index contributed by atoms with van der Waals surface area (Å²) in [6, 6.07) is 24.2. The molecule has 2 heterocycles. The molecule has 1 aromatic heterocycles. The van der Waals surface area contributed by atoms with Gasteiger partial charge in [0, 0.05) is 24.7 Å². The number of carbonyl (C=O) groups is 1. The van der Waals surface area contributed by atoms with Crippen LogP contribution in [0.25, 0.3) is 0 Å². The lowest BCUT2D eigenvalue weighted by atomic mass is 9.86. The van der Waals surface area contributed by atoms with Crippen molar-refractivity contribution in [2.24, 2.45) is 0 Å². The van der Waals surface area contributed by atoms with Gasteiger partial charge in [0.15, 0.2) is 6.10 Å². The average Bonchev–Trinajstić information content (AvgIpc) is 2.85. The van der Waals surface area contributed by atoms with Crippen LogP contribution in [-0.2, 0) is 21.6 Å². The minimum Gasteiger partial charge on any atom is -0.454 e. The fourth-order valence-electron chi connectivity index (χ4n) is 4.86. The van der Waals surface area contributed by atoms with Crippen LogP contribution >= 0.6 is 0 Å². The molecule has 1 unspecified atom stereocenters. The number of aryl methyl sites for hydroxylation is 1. The number of esters is 1. The van der Waals surface area contributed by atoms with E-state index in [1.54, 1.807) is 24.3 Å². The molecular weight excluding hydrogens is 412 g/mol.